The number of carbonyl (C=O) groups excluding carboxylic acids is 4. The van der Waals surface area contributed by atoms with Crippen molar-refractivity contribution >= 4 is 93.5 Å². The molecule has 6 aliphatic carbocycles. The van der Waals surface area contributed by atoms with E-state index in [1.807, 2.05) is 0 Å². The number of hydrogen-bond acceptors (Lipinski definition) is 8. The molecule has 0 amide bonds. The number of halogens is 6. The first-order chi connectivity index (χ1) is 22.9. The van der Waals surface area contributed by atoms with Crippen LogP contribution in [0.5, 0.6) is 11.5 Å². The minimum absolute atomic E-state index is 0.0977. The molecule has 48 heavy (non-hydrogen) atoms. The number of esters is 4. The Morgan fingerprint density at radius 3 is 1.21 bits per heavy atom. The quantitative estimate of drug-likeness (QED) is 0.113. The van der Waals surface area contributed by atoms with E-state index < -0.39 is 46.5 Å². The molecule has 0 heterocycles. The standard InChI is InChI=1S/C34H32Cl6O8/c35-21-11-23(37)29(25(27(21)39)31(41)45-13-19-9-15-1-5-17(19)6-2-15)47-33(43)34(44)48-30-24(38)12-22(36)28(40)26(30)32(42)46-14-20-10-16-3-7-18(20)8-4-16/h11-12,15-20H,1-10,13-14H2. The molecule has 2 aromatic carbocycles. The van der Waals surface area contributed by atoms with E-state index in [-0.39, 0.29) is 55.2 Å². The van der Waals surface area contributed by atoms with Gasteiger partial charge < -0.3 is 18.9 Å². The Morgan fingerprint density at radius 2 is 0.896 bits per heavy atom. The lowest BCUT2D eigenvalue weighted by Gasteiger charge is -2.42. The SMILES string of the molecule is O=C(Oc1c(Cl)cc(Cl)c(Cl)c1C(=O)OCC1CC2CCC1CC2)C(=O)Oc1c(Cl)cc(Cl)c(Cl)c1C(=O)OCC1CC2CCC1CC2. The van der Waals surface area contributed by atoms with E-state index in [2.05, 4.69) is 0 Å². The molecule has 6 saturated carbocycles. The van der Waals surface area contributed by atoms with E-state index in [1.54, 1.807) is 0 Å². The fourth-order valence-electron chi connectivity index (χ4n) is 7.94. The Labute approximate surface area is 307 Å². The van der Waals surface area contributed by atoms with Gasteiger partial charge in [0.1, 0.15) is 11.1 Å². The van der Waals surface area contributed by atoms with Crippen LogP contribution in [0, 0.1) is 35.5 Å². The largest absolute Gasteiger partial charge is 0.462 e. The van der Waals surface area contributed by atoms with Crippen LogP contribution in [0.4, 0.5) is 0 Å². The number of carbonyl (C=O) groups is 4. The van der Waals surface area contributed by atoms with Crippen molar-refractivity contribution in [2.24, 2.45) is 35.5 Å². The molecule has 0 aromatic heterocycles. The Morgan fingerprint density at radius 1 is 0.542 bits per heavy atom. The number of benzene rings is 2. The average Bonchev–Trinajstić information content (AvgIpc) is 3.08. The van der Waals surface area contributed by atoms with Crippen LogP contribution in [0.2, 0.25) is 30.1 Å². The molecule has 0 N–H and O–H groups in total. The Hall–Kier alpha value is -1.94. The fraction of sp³-hybridized carbons (Fsp3) is 0.529. The number of hydrogen-bond donors (Lipinski definition) is 0. The van der Waals surface area contributed by atoms with Crippen molar-refractivity contribution in [1.82, 2.24) is 0 Å². The maximum atomic E-state index is 13.3. The molecule has 258 valence electrons. The minimum atomic E-state index is -1.62. The summed E-state index contributed by atoms with van der Waals surface area (Å²) in [5, 5.41) is -1.34. The molecular formula is C34H32Cl6O8. The normalized spacial score (nSPS) is 25.8. The summed E-state index contributed by atoms with van der Waals surface area (Å²) in [5.41, 5.74) is -0.853. The fourth-order valence-corrected chi connectivity index (χ4v) is 9.38. The smallest absolute Gasteiger partial charge is 0.423 e. The monoisotopic (exact) mass is 778 g/mol. The van der Waals surface area contributed by atoms with Crippen LogP contribution in [-0.4, -0.2) is 37.1 Å². The lowest BCUT2D eigenvalue weighted by atomic mass is 9.65. The third-order valence-corrected chi connectivity index (χ3v) is 12.6. The Balaban J connectivity index is 1.17. The van der Waals surface area contributed by atoms with Gasteiger partial charge in [0, 0.05) is 0 Å². The highest BCUT2D eigenvalue weighted by Crippen LogP contribution is 2.47. The highest BCUT2D eigenvalue weighted by Gasteiger charge is 2.39. The van der Waals surface area contributed by atoms with Gasteiger partial charge in [0.2, 0.25) is 0 Å². The van der Waals surface area contributed by atoms with Gasteiger partial charge in [0.15, 0.2) is 11.5 Å². The number of ether oxygens (including phenoxy) is 4. The van der Waals surface area contributed by atoms with Crippen LogP contribution in [0.15, 0.2) is 12.1 Å². The molecule has 8 rings (SSSR count). The predicted molar refractivity (Wildman–Crippen MR) is 182 cm³/mol. The zero-order valence-corrected chi connectivity index (χ0v) is 30.2. The van der Waals surface area contributed by atoms with E-state index in [1.165, 1.54) is 25.7 Å². The van der Waals surface area contributed by atoms with Crippen LogP contribution in [0.1, 0.15) is 84.9 Å². The molecule has 6 fully saturated rings. The second kappa shape index (κ2) is 15.1. The second-order valence-corrected chi connectivity index (χ2v) is 15.6. The Kier molecular flexibility index (Phi) is 11.3. The first-order valence-electron chi connectivity index (χ1n) is 16.0. The third-order valence-electron chi connectivity index (χ3n) is 10.5. The van der Waals surface area contributed by atoms with Crippen molar-refractivity contribution in [1.29, 1.82) is 0 Å². The van der Waals surface area contributed by atoms with Gasteiger partial charge in [-0.2, -0.15) is 0 Å². The zero-order valence-electron chi connectivity index (χ0n) is 25.6. The van der Waals surface area contributed by atoms with Crippen molar-refractivity contribution < 1.29 is 38.1 Å². The molecule has 2 atom stereocenters. The van der Waals surface area contributed by atoms with Crippen LogP contribution in [-0.2, 0) is 19.1 Å². The summed E-state index contributed by atoms with van der Waals surface area (Å²) in [7, 11) is 0. The second-order valence-electron chi connectivity index (χ2n) is 13.2. The summed E-state index contributed by atoms with van der Waals surface area (Å²) in [5.74, 6) is -3.63. The van der Waals surface area contributed by atoms with Gasteiger partial charge in [0.25, 0.3) is 0 Å². The summed E-state index contributed by atoms with van der Waals surface area (Å²) in [4.78, 5) is 52.8. The molecule has 6 aliphatic rings. The first-order valence-corrected chi connectivity index (χ1v) is 18.3. The third kappa shape index (κ3) is 7.54. The lowest BCUT2D eigenvalue weighted by Crippen LogP contribution is -2.34. The number of fused-ring (bicyclic) bond motifs is 6. The van der Waals surface area contributed by atoms with Crippen molar-refractivity contribution in [3.05, 3.63) is 53.4 Å². The molecule has 0 saturated heterocycles. The predicted octanol–water partition coefficient (Wildman–Crippen LogP) is 10.1. The molecule has 2 aromatic rings. The van der Waals surface area contributed by atoms with E-state index in [9.17, 15) is 19.2 Å². The van der Waals surface area contributed by atoms with E-state index in [0.717, 1.165) is 50.7 Å². The first kappa shape index (κ1) is 35.9. The summed E-state index contributed by atoms with van der Waals surface area (Å²) in [6.45, 7) is 0.291. The van der Waals surface area contributed by atoms with Crippen molar-refractivity contribution in [3.8, 4) is 11.5 Å². The van der Waals surface area contributed by atoms with Gasteiger partial charge in [-0.25, -0.2) is 19.2 Å². The highest BCUT2D eigenvalue weighted by molar-refractivity contribution is 6.47. The van der Waals surface area contributed by atoms with E-state index in [4.69, 9.17) is 88.6 Å². The molecule has 4 bridgehead atoms. The van der Waals surface area contributed by atoms with Crippen LogP contribution >= 0.6 is 69.6 Å². The van der Waals surface area contributed by atoms with Gasteiger partial charge >= 0.3 is 23.9 Å². The van der Waals surface area contributed by atoms with Gasteiger partial charge in [0.05, 0.1) is 43.3 Å². The van der Waals surface area contributed by atoms with Gasteiger partial charge in [-0.15, -0.1) is 0 Å². The lowest BCUT2D eigenvalue weighted by molar-refractivity contribution is -0.156. The average molecular weight is 781 g/mol. The van der Waals surface area contributed by atoms with E-state index in [0.29, 0.717) is 23.7 Å². The molecule has 0 spiro atoms. The maximum Gasteiger partial charge on any atom is 0.423 e. The summed E-state index contributed by atoms with van der Waals surface area (Å²) < 4.78 is 21.7. The molecule has 0 radical (unpaired) electrons. The van der Waals surface area contributed by atoms with Crippen molar-refractivity contribution in [3.63, 3.8) is 0 Å². The molecule has 14 heteroatoms. The van der Waals surface area contributed by atoms with E-state index >= 15 is 0 Å². The van der Waals surface area contributed by atoms with Crippen molar-refractivity contribution in [2.75, 3.05) is 13.2 Å². The van der Waals surface area contributed by atoms with Gasteiger partial charge in [-0.05, 0) is 86.2 Å². The maximum absolute atomic E-state index is 13.3. The molecule has 0 aliphatic heterocycles. The van der Waals surface area contributed by atoms with Gasteiger partial charge in [-0.1, -0.05) is 95.3 Å². The molecule has 8 nitrogen and oxygen atoms in total. The molecule has 2 unspecified atom stereocenters. The molecular weight excluding hydrogens is 749 g/mol. The van der Waals surface area contributed by atoms with Crippen LogP contribution in [0.25, 0.3) is 0 Å². The minimum Gasteiger partial charge on any atom is -0.462 e. The van der Waals surface area contributed by atoms with Crippen LogP contribution in [0.3, 0.4) is 0 Å². The topological polar surface area (TPSA) is 105 Å². The number of rotatable bonds is 8. The van der Waals surface area contributed by atoms with Crippen LogP contribution < -0.4 is 9.47 Å². The Bertz CT molecular complexity index is 1510. The summed E-state index contributed by atoms with van der Waals surface area (Å²) in [6, 6.07) is 2.30. The summed E-state index contributed by atoms with van der Waals surface area (Å²) in [6.07, 6.45) is 11.0. The van der Waals surface area contributed by atoms with Crippen molar-refractivity contribution in [2.45, 2.75) is 64.2 Å². The highest BCUT2D eigenvalue weighted by atomic mass is 35.5. The van der Waals surface area contributed by atoms with Gasteiger partial charge in [-0.3, -0.25) is 0 Å². The summed E-state index contributed by atoms with van der Waals surface area (Å²) >= 11 is 37.7. The zero-order chi connectivity index (χ0) is 34.3.